The Morgan fingerprint density at radius 1 is 0.737 bits per heavy atom. The molecule has 100 valence electrons. The minimum absolute atomic E-state index is 0. The van der Waals surface area contributed by atoms with E-state index in [9.17, 15) is 0 Å². The van der Waals surface area contributed by atoms with Crippen molar-refractivity contribution in [2.45, 2.75) is 0 Å². The second-order valence-corrected chi connectivity index (χ2v) is 3.62. The molecule has 0 amide bonds. The van der Waals surface area contributed by atoms with E-state index in [0.29, 0.717) is 0 Å². The van der Waals surface area contributed by atoms with Gasteiger partial charge in [0.15, 0.2) is 0 Å². The third-order valence-corrected chi connectivity index (χ3v) is 2.34. The van der Waals surface area contributed by atoms with E-state index in [1.807, 2.05) is 12.1 Å². The molecule has 3 rings (SSSR count). The van der Waals surface area contributed by atoms with Crippen LogP contribution in [0.1, 0.15) is 0 Å². The van der Waals surface area contributed by atoms with Crippen LogP contribution in [0.3, 0.4) is 0 Å². The number of hydrogen-bond donors (Lipinski definition) is 0. The molecule has 2 heterocycles. The summed E-state index contributed by atoms with van der Waals surface area (Å²) in [6, 6.07) is 12.1. The third-order valence-electron chi connectivity index (χ3n) is 2.34. The fraction of sp³-hybridized carbons (Fsp3) is 0. The Kier molecular flexibility index (Phi) is 8.40. The van der Waals surface area contributed by atoms with Gasteiger partial charge in [-0.25, -0.2) is 0 Å². The minimum Gasteiger partial charge on any atom is -0.254 e. The van der Waals surface area contributed by atoms with E-state index in [-0.39, 0.29) is 24.8 Å². The topological polar surface area (TPSA) is 59.9 Å². The van der Waals surface area contributed by atoms with Gasteiger partial charge in [-0.1, -0.05) is 24.3 Å². The number of halogens is 2. The Labute approximate surface area is 130 Å². The molecule has 0 fully saturated rings. The predicted octanol–water partition coefficient (Wildman–Crippen LogP) is 3.39. The van der Waals surface area contributed by atoms with Gasteiger partial charge in [-0.2, -0.15) is 0 Å². The quantitative estimate of drug-likeness (QED) is 0.443. The number of pyridine rings is 2. The van der Waals surface area contributed by atoms with Crippen molar-refractivity contribution in [3.05, 3.63) is 48.8 Å². The van der Waals surface area contributed by atoms with Gasteiger partial charge in [0.1, 0.15) is 0 Å². The summed E-state index contributed by atoms with van der Waals surface area (Å²) in [4.78, 5) is 8.69. The van der Waals surface area contributed by atoms with Crippen LogP contribution in [0.4, 0.5) is 0 Å². The van der Waals surface area contributed by atoms with Gasteiger partial charge < -0.3 is 0 Å². The molecule has 0 aliphatic rings. The van der Waals surface area contributed by atoms with Gasteiger partial charge in [-0.05, 0) is 12.1 Å². The Bertz CT molecular complexity index is 648. The number of benzene rings is 1. The second kappa shape index (κ2) is 8.92. The standard InChI is InChI=1S/C12H8N2.2ClH.Mo.2O/c1-3-9-5-6-10-4-2-8-14-12(10)11(9)13-7-1;;;;;/h1-8H;2*1H;;;. The minimum atomic E-state index is -2.03. The molecular weight excluding hydrogens is 371 g/mol. The molecule has 4 nitrogen and oxygen atoms in total. The van der Waals surface area contributed by atoms with Gasteiger partial charge in [0, 0.05) is 23.2 Å². The summed E-state index contributed by atoms with van der Waals surface area (Å²) < 4.78 is 17.0. The predicted molar refractivity (Wildman–Crippen MR) is 72.9 cm³/mol. The first-order valence-corrected chi connectivity index (χ1v) is 6.51. The summed E-state index contributed by atoms with van der Waals surface area (Å²) in [7, 11) is 0. The van der Waals surface area contributed by atoms with E-state index in [1.165, 1.54) is 0 Å². The van der Waals surface area contributed by atoms with Crippen molar-refractivity contribution >= 4 is 46.6 Å². The molecule has 7 heteroatoms. The van der Waals surface area contributed by atoms with Crippen LogP contribution >= 0.6 is 24.8 Å². The van der Waals surface area contributed by atoms with Crippen LogP contribution < -0.4 is 0 Å². The molecule has 0 saturated carbocycles. The number of fused-ring (bicyclic) bond motifs is 3. The molecule has 0 N–H and O–H groups in total. The SMILES string of the molecule is Cl.Cl.[O]=[Mo]=[O].c1cnc2c(c1)ccc1cccnc12. The summed E-state index contributed by atoms with van der Waals surface area (Å²) in [5.74, 6) is 0. The molecule has 1 aromatic carbocycles. The monoisotopic (exact) mass is 382 g/mol. The molecule has 0 spiro atoms. The Hall–Kier alpha value is -1.09. The molecule has 3 aromatic rings. The average Bonchev–Trinajstić information content (AvgIpc) is 2.40. The van der Waals surface area contributed by atoms with Crippen LogP contribution in [0.15, 0.2) is 48.8 Å². The van der Waals surface area contributed by atoms with Crippen molar-refractivity contribution in [1.82, 2.24) is 9.97 Å². The van der Waals surface area contributed by atoms with Crippen molar-refractivity contribution in [2.24, 2.45) is 0 Å². The Morgan fingerprint density at radius 3 is 1.47 bits per heavy atom. The molecule has 0 aliphatic heterocycles. The maximum Gasteiger partial charge on any atom is 0.0964 e. The van der Waals surface area contributed by atoms with E-state index in [1.54, 1.807) is 12.4 Å². The normalized spacial score (nSPS) is 8.63. The van der Waals surface area contributed by atoms with Crippen molar-refractivity contribution in [1.29, 1.82) is 0 Å². The van der Waals surface area contributed by atoms with Crippen LogP contribution in [0.2, 0.25) is 0 Å². The number of rotatable bonds is 0. The maximum atomic E-state index is 8.50. The summed E-state index contributed by atoms with van der Waals surface area (Å²) in [6.07, 6.45) is 3.60. The molecule has 2 aromatic heterocycles. The summed E-state index contributed by atoms with van der Waals surface area (Å²) in [6.45, 7) is 0. The van der Waals surface area contributed by atoms with Crippen LogP contribution in [-0.2, 0) is 25.3 Å². The van der Waals surface area contributed by atoms with E-state index >= 15 is 0 Å². The first-order chi connectivity index (χ1) is 8.36. The van der Waals surface area contributed by atoms with E-state index in [2.05, 4.69) is 34.2 Å². The van der Waals surface area contributed by atoms with Crippen LogP contribution in [0, 0.1) is 0 Å². The second-order valence-electron chi connectivity index (χ2n) is 3.28. The molecule has 19 heavy (non-hydrogen) atoms. The van der Waals surface area contributed by atoms with Gasteiger partial charge in [-0.15, -0.1) is 24.8 Å². The molecule has 0 saturated heterocycles. The molecule has 0 unspecified atom stereocenters. The summed E-state index contributed by atoms with van der Waals surface area (Å²) in [5, 5.41) is 2.28. The fourth-order valence-corrected chi connectivity index (χ4v) is 1.68. The van der Waals surface area contributed by atoms with Gasteiger partial charge in [0.05, 0.1) is 11.0 Å². The Balaban J connectivity index is 0.000000598. The smallest absolute Gasteiger partial charge is 0.0964 e. The molecule has 0 radical (unpaired) electrons. The van der Waals surface area contributed by atoms with Gasteiger partial charge in [-0.3, -0.25) is 9.97 Å². The summed E-state index contributed by atoms with van der Waals surface area (Å²) in [5.41, 5.74) is 1.95. The first kappa shape index (κ1) is 17.9. The van der Waals surface area contributed by atoms with Gasteiger partial charge in [0.25, 0.3) is 0 Å². The Morgan fingerprint density at radius 2 is 1.11 bits per heavy atom. The van der Waals surface area contributed by atoms with Crippen molar-refractivity contribution < 1.29 is 25.3 Å². The summed E-state index contributed by atoms with van der Waals surface area (Å²) >= 11 is -2.03. The fourth-order valence-electron chi connectivity index (χ4n) is 1.68. The number of aromatic nitrogens is 2. The largest absolute Gasteiger partial charge is 0.254 e. The van der Waals surface area contributed by atoms with Crippen LogP contribution in [0.25, 0.3) is 21.8 Å². The zero-order chi connectivity index (χ0) is 12.1. The van der Waals surface area contributed by atoms with Crippen molar-refractivity contribution in [3.8, 4) is 0 Å². The average molecular weight is 381 g/mol. The van der Waals surface area contributed by atoms with Crippen LogP contribution in [0.5, 0.6) is 0 Å². The van der Waals surface area contributed by atoms with E-state index in [0.717, 1.165) is 21.8 Å². The van der Waals surface area contributed by atoms with Gasteiger partial charge >= 0.3 is 25.3 Å². The first-order valence-electron chi connectivity index (χ1n) is 4.87. The molecular formula is C12H10Cl2MoN2O2. The van der Waals surface area contributed by atoms with Crippen molar-refractivity contribution in [2.75, 3.05) is 0 Å². The van der Waals surface area contributed by atoms with Crippen molar-refractivity contribution in [3.63, 3.8) is 0 Å². The number of nitrogens with zero attached hydrogens (tertiary/aromatic N) is 2. The molecule has 0 aliphatic carbocycles. The van der Waals surface area contributed by atoms with E-state index < -0.39 is 18.5 Å². The third kappa shape index (κ3) is 4.20. The van der Waals surface area contributed by atoms with Crippen LogP contribution in [-0.4, -0.2) is 9.97 Å². The zero-order valence-electron chi connectivity index (χ0n) is 9.55. The zero-order valence-corrected chi connectivity index (χ0v) is 13.2. The number of hydrogen-bond acceptors (Lipinski definition) is 4. The maximum absolute atomic E-state index is 8.50. The molecule has 0 atom stereocenters. The molecule has 0 bridgehead atoms. The van der Waals surface area contributed by atoms with E-state index in [4.69, 9.17) is 6.80 Å². The van der Waals surface area contributed by atoms with Gasteiger partial charge in [0.2, 0.25) is 0 Å².